The third-order valence-electron chi connectivity index (χ3n) is 2.85. The molecule has 19 heavy (non-hydrogen) atoms. The molecule has 0 bridgehead atoms. The lowest BCUT2D eigenvalue weighted by molar-refractivity contribution is 0.165. The van der Waals surface area contributed by atoms with E-state index in [9.17, 15) is 0 Å². The Hall–Kier alpha value is -1.68. The monoisotopic (exact) mass is 263 g/mol. The van der Waals surface area contributed by atoms with Crippen LogP contribution in [0.1, 0.15) is 18.9 Å². The minimum Gasteiger partial charge on any atom is -0.493 e. The Kier molecular flexibility index (Phi) is 5.10. The van der Waals surface area contributed by atoms with Gasteiger partial charge in [-0.3, -0.25) is 0 Å². The maximum absolute atomic E-state index is 5.60. The molecule has 0 unspecified atom stereocenters. The van der Waals surface area contributed by atoms with Gasteiger partial charge in [0, 0.05) is 6.54 Å². The van der Waals surface area contributed by atoms with Crippen molar-refractivity contribution in [2.24, 2.45) is 0 Å². The van der Waals surface area contributed by atoms with Crippen molar-refractivity contribution in [1.29, 1.82) is 0 Å². The molecular weight excluding hydrogens is 242 g/mol. The van der Waals surface area contributed by atoms with E-state index in [1.807, 2.05) is 12.1 Å². The fraction of sp³-hybridized carbons (Fsp3) is 0.467. The molecule has 4 nitrogen and oxygen atoms in total. The Morgan fingerprint density at radius 3 is 2.95 bits per heavy atom. The van der Waals surface area contributed by atoms with Crippen LogP contribution in [0.5, 0.6) is 17.2 Å². The maximum atomic E-state index is 5.60. The molecule has 1 aliphatic rings. The molecule has 1 heterocycles. The molecule has 0 amide bonds. The fourth-order valence-electron chi connectivity index (χ4n) is 1.95. The van der Waals surface area contributed by atoms with Crippen LogP contribution < -0.4 is 19.5 Å². The molecule has 1 aliphatic heterocycles. The van der Waals surface area contributed by atoms with E-state index < -0.39 is 0 Å². The van der Waals surface area contributed by atoms with Gasteiger partial charge in [-0.2, -0.15) is 0 Å². The van der Waals surface area contributed by atoms with E-state index in [-0.39, 0.29) is 0 Å². The van der Waals surface area contributed by atoms with Crippen LogP contribution in [0.25, 0.3) is 6.08 Å². The Balaban J connectivity index is 2.08. The van der Waals surface area contributed by atoms with Gasteiger partial charge in [-0.05, 0) is 30.7 Å². The van der Waals surface area contributed by atoms with Crippen molar-refractivity contribution >= 4 is 6.08 Å². The highest BCUT2D eigenvalue weighted by atomic mass is 16.6. The molecule has 0 spiro atoms. The third kappa shape index (κ3) is 3.64. The second-order valence-electron chi connectivity index (χ2n) is 4.35. The van der Waals surface area contributed by atoms with Gasteiger partial charge in [-0.1, -0.05) is 19.1 Å². The Morgan fingerprint density at radius 1 is 1.32 bits per heavy atom. The molecule has 0 saturated heterocycles. The number of benzene rings is 1. The summed E-state index contributed by atoms with van der Waals surface area (Å²) in [4.78, 5) is 0. The fourth-order valence-corrected chi connectivity index (χ4v) is 1.95. The molecule has 1 aromatic rings. The highest BCUT2D eigenvalue weighted by Gasteiger charge is 2.17. The Labute approximate surface area is 114 Å². The predicted octanol–water partition coefficient (Wildman–Crippen LogP) is 2.48. The zero-order valence-electron chi connectivity index (χ0n) is 11.6. The van der Waals surface area contributed by atoms with Crippen molar-refractivity contribution in [3.05, 3.63) is 23.8 Å². The summed E-state index contributed by atoms with van der Waals surface area (Å²) in [6.07, 6.45) is 5.30. The van der Waals surface area contributed by atoms with Crippen molar-refractivity contribution in [3.8, 4) is 17.2 Å². The van der Waals surface area contributed by atoms with Crippen molar-refractivity contribution in [3.63, 3.8) is 0 Å². The minimum absolute atomic E-state index is 0.569. The van der Waals surface area contributed by atoms with Crippen molar-refractivity contribution in [2.75, 3.05) is 33.4 Å². The van der Waals surface area contributed by atoms with Gasteiger partial charge >= 0.3 is 0 Å². The summed E-state index contributed by atoms with van der Waals surface area (Å²) in [5.41, 5.74) is 1.05. The first-order chi connectivity index (χ1) is 9.35. The van der Waals surface area contributed by atoms with Crippen molar-refractivity contribution < 1.29 is 14.2 Å². The van der Waals surface area contributed by atoms with E-state index in [0.29, 0.717) is 19.0 Å². The first-order valence-corrected chi connectivity index (χ1v) is 6.70. The van der Waals surface area contributed by atoms with Gasteiger partial charge in [-0.25, -0.2) is 0 Å². The van der Waals surface area contributed by atoms with Gasteiger partial charge in [0.2, 0.25) is 5.75 Å². The standard InChI is InChI=1S/C15H21NO3/c1-3-6-16-7-4-5-12-10-13(17-2)15-14(11-12)18-8-9-19-15/h4-5,10-11,16H,3,6-9H2,1-2H3. The van der Waals surface area contributed by atoms with Crippen molar-refractivity contribution in [1.82, 2.24) is 5.32 Å². The second-order valence-corrected chi connectivity index (χ2v) is 4.35. The van der Waals surface area contributed by atoms with Gasteiger partial charge < -0.3 is 19.5 Å². The Bertz CT molecular complexity index is 426. The molecule has 0 fully saturated rings. The lowest BCUT2D eigenvalue weighted by Crippen LogP contribution is -2.16. The van der Waals surface area contributed by atoms with E-state index in [1.54, 1.807) is 7.11 Å². The largest absolute Gasteiger partial charge is 0.493 e. The number of rotatable bonds is 6. The zero-order valence-corrected chi connectivity index (χ0v) is 11.6. The highest BCUT2D eigenvalue weighted by Crippen LogP contribution is 2.40. The van der Waals surface area contributed by atoms with Gasteiger partial charge in [0.25, 0.3) is 0 Å². The maximum Gasteiger partial charge on any atom is 0.203 e. The quantitative estimate of drug-likeness (QED) is 0.800. The van der Waals surface area contributed by atoms with Crippen LogP contribution in [0, 0.1) is 0 Å². The molecule has 104 valence electrons. The van der Waals surface area contributed by atoms with Crippen LogP contribution in [0.15, 0.2) is 18.2 Å². The summed E-state index contributed by atoms with van der Waals surface area (Å²) in [6.45, 7) is 5.21. The molecule has 1 aromatic carbocycles. The molecule has 0 atom stereocenters. The van der Waals surface area contributed by atoms with Crippen LogP contribution in [0.4, 0.5) is 0 Å². The summed E-state index contributed by atoms with van der Waals surface area (Å²) in [5, 5.41) is 3.32. The van der Waals surface area contributed by atoms with Crippen LogP contribution in [0.3, 0.4) is 0 Å². The molecule has 0 aliphatic carbocycles. The SMILES string of the molecule is CCCNCC=Cc1cc(OC)c2c(c1)OCCO2. The summed E-state index contributed by atoms with van der Waals surface area (Å²) in [5.74, 6) is 2.18. The number of hydrogen-bond donors (Lipinski definition) is 1. The lowest BCUT2D eigenvalue weighted by atomic mass is 10.1. The van der Waals surface area contributed by atoms with Crippen LogP contribution in [-0.2, 0) is 0 Å². The normalized spacial score (nSPS) is 13.8. The van der Waals surface area contributed by atoms with Crippen LogP contribution in [0.2, 0.25) is 0 Å². The van der Waals surface area contributed by atoms with Crippen LogP contribution in [-0.4, -0.2) is 33.4 Å². The van der Waals surface area contributed by atoms with Gasteiger partial charge in [0.1, 0.15) is 13.2 Å². The summed E-state index contributed by atoms with van der Waals surface area (Å²) in [6, 6.07) is 3.94. The van der Waals surface area contributed by atoms with E-state index in [1.165, 1.54) is 0 Å². The topological polar surface area (TPSA) is 39.7 Å². The zero-order chi connectivity index (χ0) is 13.5. The van der Waals surface area contributed by atoms with E-state index in [4.69, 9.17) is 14.2 Å². The van der Waals surface area contributed by atoms with Gasteiger partial charge in [-0.15, -0.1) is 0 Å². The summed E-state index contributed by atoms with van der Waals surface area (Å²) < 4.78 is 16.5. The average Bonchev–Trinajstić information content (AvgIpc) is 2.46. The van der Waals surface area contributed by atoms with E-state index in [0.717, 1.165) is 36.6 Å². The lowest BCUT2D eigenvalue weighted by Gasteiger charge is -2.20. The molecule has 2 rings (SSSR count). The number of methoxy groups -OCH3 is 1. The smallest absolute Gasteiger partial charge is 0.203 e. The number of hydrogen-bond acceptors (Lipinski definition) is 4. The third-order valence-corrected chi connectivity index (χ3v) is 2.85. The average molecular weight is 263 g/mol. The molecule has 0 saturated carbocycles. The summed E-state index contributed by atoms with van der Waals surface area (Å²) >= 11 is 0. The highest BCUT2D eigenvalue weighted by molar-refractivity contribution is 5.62. The molecule has 1 N–H and O–H groups in total. The van der Waals surface area contributed by atoms with E-state index in [2.05, 4.69) is 24.4 Å². The molecule has 0 aromatic heterocycles. The van der Waals surface area contributed by atoms with Crippen molar-refractivity contribution in [2.45, 2.75) is 13.3 Å². The Morgan fingerprint density at radius 2 is 2.16 bits per heavy atom. The number of nitrogens with one attached hydrogen (secondary N) is 1. The predicted molar refractivity (Wildman–Crippen MR) is 76.2 cm³/mol. The number of fused-ring (bicyclic) bond motifs is 1. The second kappa shape index (κ2) is 7.04. The first-order valence-electron chi connectivity index (χ1n) is 6.70. The van der Waals surface area contributed by atoms with Gasteiger partial charge in [0.15, 0.2) is 11.5 Å². The molecule has 0 radical (unpaired) electrons. The van der Waals surface area contributed by atoms with Crippen LogP contribution >= 0.6 is 0 Å². The molecule has 4 heteroatoms. The minimum atomic E-state index is 0.569. The first kappa shape index (κ1) is 13.7. The van der Waals surface area contributed by atoms with Gasteiger partial charge in [0.05, 0.1) is 7.11 Å². The summed E-state index contributed by atoms with van der Waals surface area (Å²) in [7, 11) is 1.64. The number of ether oxygens (including phenoxy) is 3. The molecular formula is C15H21NO3. The van der Waals surface area contributed by atoms with E-state index >= 15 is 0 Å².